The molecular weight excluding hydrogens is 252 g/mol. The topological polar surface area (TPSA) is 52.6 Å². The number of hydrogen-bond donors (Lipinski definition) is 2. The molecule has 1 aromatic carbocycles. The van der Waals surface area contributed by atoms with Gasteiger partial charge < -0.3 is 10.4 Å². The number of anilines is 1. The van der Waals surface area contributed by atoms with Gasteiger partial charge in [-0.25, -0.2) is 0 Å². The SMILES string of the molecule is Cc1ccc(NC(=O)CN2CCC(C(C)O)CC2)cc1. The largest absolute Gasteiger partial charge is 0.393 e. The number of carbonyl (C=O) groups excluding carboxylic acids is 1. The minimum Gasteiger partial charge on any atom is -0.393 e. The van der Waals surface area contributed by atoms with Crippen LogP contribution in [0.3, 0.4) is 0 Å². The summed E-state index contributed by atoms with van der Waals surface area (Å²) in [5, 5.41) is 12.5. The lowest BCUT2D eigenvalue weighted by Gasteiger charge is -2.32. The molecule has 1 aliphatic heterocycles. The van der Waals surface area contributed by atoms with Crippen LogP contribution < -0.4 is 5.32 Å². The van der Waals surface area contributed by atoms with E-state index in [4.69, 9.17) is 0 Å². The van der Waals surface area contributed by atoms with E-state index in [0.29, 0.717) is 12.5 Å². The van der Waals surface area contributed by atoms with E-state index in [0.717, 1.165) is 31.6 Å². The Labute approximate surface area is 120 Å². The maximum Gasteiger partial charge on any atom is 0.238 e. The smallest absolute Gasteiger partial charge is 0.238 e. The summed E-state index contributed by atoms with van der Waals surface area (Å²) in [7, 11) is 0. The molecule has 4 nitrogen and oxygen atoms in total. The molecular formula is C16H24N2O2. The van der Waals surface area contributed by atoms with Gasteiger partial charge >= 0.3 is 0 Å². The zero-order valence-electron chi connectivity index (χ0n) is 12.3. The molecule has 0 aliphatic carbocycles. The van der Waals surface area contributed by atoms with Crippen LogP contribution in [0.5, 0.6) is 0 Å². The van der Waals surface area contributed by atoms with Crippen LogP contribution in [0.15, 0.2) is 24.3 Å². The van der Waals surface area contributed by atoms with Crippen molar-refractivity contribution in [1.82, 2.24) is 4.90 Å². The fraction of sp³-hybridized carbons (Fsp3) is 0.562. The van der Waals surface area contributed by atoms with Gasteiger partial charge in [0, 0.05) is 5.69 Å². The highest BCUT2D eigenvalue weighted by atomic mass is 16.3. The molecule has 1 aromatic rings. The van der Waals surface area contributed by atoms with Crippen LogP contribution in [-0.2, 0) is 4.79 Å². The van der Waals surface area contributed by atoms with E-state index in [9.17, 15) is 9.90 Å². The van der Waals surface area contributed by atoms with Crippen molar-refractivity contribution in [3.05, 3.63) is 29.8 Å². The van der Waals surface area contributed by atoms with E-state index >= 15 is 0 Å². The molecule has 2 rings (SSSR count). The lowest BCUT2D eigenvalue weighted by Crippen LogP contribution is -2.41. The Morgan fingerprint density at radius 1 is 1.35 bits per heavy atom. The zero-order chi connectivity index (χ0) is 14.5. The van der Waals surface area contributed by atoms with Gasteiger partial charge in [-0.2, -0.15) is 0 Å². The molecule has 0 saturated carbocycles. The molecule has 1 fully saturated rings. The third kappa shape index (κ3) is 4.32. The number of aliphatic hydroxyl groups excluding tert-OH is 1. The van der Waals surface area contributed by atoms with Gasteiger partial charge in [-0.3, -0.25) is 9.69 Å². The molecule has 1 heterocycles. The first-order chi connectivity index (χ1) is 9.54. The van der Waals surface area contributed by atoms with Crippen molar-refractivity contribution in [1.29, 1.82) is 0 Å². The minimum atomic E-state index is -0.237. The highest BCUT2D eigenvalue weighted by molar-refractivity contribution is 5.92. The minimum absolute atomic E-state index is 0.0318. The molecule has 1 unspecified atom stereocenters. The molecule has 1 aliphatic rings. The molecule has 0 aromatic heterocycles. The number of aliphatic hydroxyl groups is 1. The van der Waals surface area contributed by atoms with Gasteiger partial charge in [-0.05, 0) is 57.8 Å². The standard InChI is InChI=1S/C16H24N2O2/c1-12-3-5-15(6-4-12)17-16(20)11-18-9-7-14(8-10-18)13(2)19/h3-6,13-14,19H,7-11H2,1-2H3,(H,17,20). The van der Waals surface area contributed by atoms with Gasteiger partial charge in [-0.15, -0.1) is 0 Å². The summed E-state index contributed by atoms with van der Waals surface area (Å²) >= 11 is 0. The summed E-state index contributed by atoms with van der Waals surface area (Å²) in [6, 6.07) is 7.83. The van der Waals surface area contributed by atoms with Crippen molar-refractivity contribution in [3.8, 4) is 0 Å². The Balaban J connectivity index is 1.77. The number of amides is 1. The van der Waals surface area contributed by atoms with Crippen LogP contribution in [0.1, 0.15) is 25.3 Å². The molecule has 0 bridgehead atoms. The summed E-state index contributed by atoms with van der Waals surface area (Å²) in [5.41, 5.74) is 2.03. The molecule has 1 atom stereocenters. The summed E-state index contributed by atoms with van der Waals surface area (Å²) < 4.78 is 0. The number of piperidine rings is 1. The van der Waals surface area contributed by atoms with Gasteiger partial charge in [-0.1, -0.05) is 17.7 Å². The molecule has 1 saturated heterocycles. The van der Waals surface area contributed by atoms with Crippen molar-refractivity contribution in [2.24, 2.45) is 5.92 Å². The van der Waals surface area contributed by atoms with Gasteiger partial charge in [0.25, 0.3) is 0 Å². The summed E-state index contributed by atoms with van der Waals surface area (Å²) in [4.78, 5) is 14.1. The van der Waals surface area contributed by atoms with Gasteiger partial charge in [0.15, 0.2) is 0 Å². The highest BCUT2D eigenvalue weighted by Crippen LogP contribution is 2.20. The normalized spacial score (nSPS) is 18.8. The number of benzene rings is 1. The fourth-order valence-electron chi connectivity index (χ4n) is 2.63. The number of nitrogens with one attached hydrogen (secondary N) is 1. The molecule has 1 amide bonds. The molecule has 2 N–H and O–H groups in total. The molecule has 0 radical (unpaired) electrons. The Hall–Kier alpha value is -1.39. The van der Waals surface area contributed by atoms with Crippen molar-refractivity contribution in [2.45, 2.75) is 32.8 Å². The number of carbonyl (C=O) groups is 1. The molecule has 110 valence electrons. The molecule has 0 spiro atoms. The van der Waals surface area contributed by atoms with E-state index in [1.165, 1.54) is 5.56 Å². The van der Waals surface area contributed by atoms with E-state index in [1.807, 2.05) is 38.1 Å². The van der Waals surface area contributed by atoms with Crippen molar-refractivity contribution in [3.63, 3.8) is 0 Å². The Bertz CT molecular complexity index is 434. The second-order valence-corrected chi connectivity index (χ2v) is 5.77. The molecule has 4 heteroatoms. The van der Waals surface area contributed by atoms with Gasteiger partial charge in [0.2, 0.25) is 5.91 Å². The van der Waals surface area contributed by atoms with Crippen LogP contribution in [0.2, 0.25) is 0 Å². The number of hydrogen-bond acceptors (Lipinski definition) is 3. The average molecular weight is 276 g/mol. The maximum absolute atomic E-state index is 12.0. The van der Waals surface area contributed by atoms with E-state index in [-0.39, 0.29) is 12.0 Å². The van der Waals surface area contributed by atoms with Crippen LogP contribution in [0.25, 0.3) is 0 Å². The quantitative estimate of drug-likeness (QED) is 0.884. The number of rotatable bonds is 4. The lowest BCUT2D eigenvalue weighted by molar-refractivity contribution is -0.117. The van der Waals surface area contributed by atoms with Crippen molar-refractivity contribution >= 4 is 11.6 Å². The second-order valence-electron chi connectivity index (χ2n) is 5.77. The van der Waals surface area contributed by atoms with Crippen LogP contribution in [0, 0.1) is 12.8 Å². The van der Waals surface area contributed by atoms with Crippen molar-refractivity contribution < 1.29 is 9.90 Å². The first-order valence-corrected chi connectivity index (χ1v) is 7.31. The average Bonchev–Trinajstić information content (AvgIpc) is 2.42. The van der Waals surface area contributed by atoms with E-state index in [2.05, 4.69) is 10.2 Å². The van der Waals surface area contributed by atoms with Crippen LogP contribution in [0.4, 0.5) is 5.69 Å². The Kier molecular flexibility index (Phi) is 5.15. The maximum atomic E-state index is 12.0. The first-order valence-electron chi connectivity index (χ1n) is 7.31. The van der Waals surface area contributed by atoms with E-state index < -0.39 is 0 Å². The predicted octanol–water partition coefficient (Wildman–Crippen LogP) is 2.03. The second kappa shape index (κ2) is 6.86. The zero-order valence-corrected chi connectivity index (χ0v) is 12.3. The number of nitrogens with zero attached hydrogens (tertiary/aromatic N) is 1. The number of likely N-dealkylation sites (tertiary alicyclic amines) is 1. The van der Waals surface area contributed by atoms with Gasteiger partial charge in [0.05, 0.1) is 12.6 Å². The Morgan fingerprint density at radius 2 is 1.95 bits per heavy atom. The van der Waals surface area contributed by atoms with Crippen molar-refractivity contribution in [2.75, 3.05) is 25.0 Å². The monoisotopic (exact) mass is 276 g/mol. The third-order valence-electron chi connectivity index (χ3n) is 4.02. The Morgan fingerprint density at radius 3 is 2.50 bits per heavy atom. The summed E-state index contributed by atoms with van der Waals surface area (Å²) in [5.74, 6) is 0.413. The van der Waals surface area contributed by atoms with E-state index in [1.54, 1.807) is 0 Å². The molecule has 20 heavy (non-hydrogen) atoms. The van der Waals surface area contributed by atoms with Crippen LogP contribution >= 0.6 is 0 Å². The number of aryl methyl sites for hydroxylation is 1. The van der Waals surface area contributed by atoms with Crippen LogP contribution in [-0.4, -0.2) is 41.7 Å². The van der Waals surface area contributed by atoms with Gasteiger partial charge in [0.1, 0.15) is 0 Å². The third-order valence-corrected chi connectivity index (χ3v) is 4.02. The first kappa shape index (κ1) is 15.0. The predicted molar refractivity (Wildman–Crippen MR) is 80.7 cm³/mol. The summed E-state index contributed by atoms with van der Waals surface area (Å²) in [6.45, 7) is 6.08. The summed E-state index contributed by atoms with van der Waals surface area (Å²) in [6.07, 6.45) is 1.70. The highest BCUT2D eigenvalue weighted by Gasteiger charge is 2.23. The fourth-order valence-corrected chi connectivity index (χ4v) is 2.63. The lowest BCUT2D eigenvalue weighted by atomic mass is 9.92.